The van der Waals surface area contributed by atoms with Crippen LogP contribution in [0.1, 0.15) is 43.0 Å². The number of hydrogen-bond donors (Lipinski definition) is 2. The van der Waals surface area contributed by atoms with E-state index in [0.29, 0.717) is 22.9 Å². The van der Waals surface area contributed by atoms with Crippen LogP contribution in [-0.4, -0.2) is 24.9 Å². The summed E-state index contributed by atoms with van der Waals surface area (Å²) < 4.78 is 13.6. The van der Waals surface area contributed by atoms with Gasteiger partial charge in [-0.25, -0.2) is 19.3 Å². The predicted octanol–water partition coefficient (Wildman–Crippen LogP) is 4.09. The van der Waals surface area contributed by atoms with Gasteiger partial charge in [0.15, 0.2) is 11.5 Å². The first-order valence-electron chi connectivity index (χ1n) is 8.70. The molecule has 1 fully saturated rings. The summed E-state index contributed by atoms with van der Waals surface area (Å²) in [6, 6.07) is 6.86. The smallest absolute Gasteiger partial charge is 0.182 e. The zero-order valence-corrected chi connectivity index (χ0v) is 14.2. The number of rotatable bonds is 4. The Labute approximate surface area is 148 Å². The van der Waals surface area contributed by atoms with Crippen molar-refractivity contribution in [1.29, 1.82) is 0 Å². The number of hydrogen-bond acceptors (Lipinski definition) is 5. The third-order valence-electron chi connectivity index (χ3n) is 4.85. The van der Waals surface area contributed by atoms with Crippen LogP contribution in [-0.2, 0) is 0 Å². The van der Waals surface area contributed by atoms with Gasteiger partial charge in [0.25, 0.3) is 0 Å². The topological polar surface area (TPSA) is 79.4 Å². The minimum atomic E-state index is -0.256. The Balaban J connectivity index is 1.57. The summed E-state index contributed by atoms with van der Waals surface area (Å²) in [5.41, 5.74) is 4.30. The van der Waals surface area contributed by atoms with Crippen LogP contribution in [0.25, 0.3) is 22.1 Å². The van der Waals surface area contributed by atoms with E-state index in [1.165, 1.54) is 18.5 Å². The number of anilines is 1. The van der Waals surface area contributed by atoms with E-state index in [1.807, 2.05) is 0 Å². The molecule has 0 saturated heterocycles. The van der Waals surface area contributed by atoms with E-state index in [2.05, 4.69) is 38.2 Å². The third kappa shape index (κ3) is 2.56. The molecule has 0 radical (unpaired) electrons. The summed E-state index contributed by atoms with van der Waals surface area (Å²) in [6.45, 7) is 2.09. The summed E-state index contributed by atoms with van der Waals surface area (Å²) in [5.74, 6) is 0.911. The van der Waals surface area contributed by atoms with Crippen molar-refractivity contribution in [2.24, 2.45) is 0 Å². The highest BCUT2D eigenvalue weighted by Crippen LogP contribution is 2.43. The highest BCUT2D eigenvalue weighted by atomic mass is 19.1. The van der Waals surface area contributed by atoms with Gasteiger partial charge < -0.3 is 10.3 Å². The lowest BCUT2D eigenvalue weighted by molar-refractivity contribution is 0.629. The quantitative estimate of drug-likeness (QED) is 0.581. The number of aromatic nitrogens is 5. The Hall–Kier alpha value is -3.09. The molecule has 0 spiro atoms. The van der Waals surface area contributed by atoms with Crippen molar-refractivity contribution < 1.29 is 4.39 Å². The molecule has 1 aliphatic carbocycles. The lowest BCUT2D eigenvalue weighted by Gasteiger charge is -2.19. The monoisotopic (exact) mass is 348 g/mol. The Kier molecular flexibility index (Phi) is 3.34. The lowest BCUT2D eigenvalue weighted by Crippen LogP contribution is -2.12. The molecule has 1 saturated carbocycles. The van der Waals surface area contributed by atoms with Crippen molar-refractivity contribution in [3.8, 4) is 0 Å². The van der Waals surface area contributed by atoms with Gasteiger partial charge in [-0.3, -0.25) is 4.98 Å². The fourth-order valence-electron chi connectivity index (χ4n) is 3.36. The average molecular weight is 348 g/mol. The van der Waals surface area contributed by atoms with Gasteiger partial charge in [-0.05, 0) is 43.5 Å². The molecular formula is C19H17FN6. The van der Waals surface area contributed by atoms with Gasteiger partial charge >= 0.3 is 0 Å². The van der Waals surface area contributed by atoms with Crippen LogP contribution < -0.4 is 5.32 Å². The highest BCUT2D eigenvalue weighted by Gasteiger charge is 2.29. The Morgan fingerprint density at radius 2 is 2.08 bits per heavy atom. The zero-order chi connectivity index (χ0) is 17.7. The molecule has 0 aliphatic heterocycles. The molecule has 3 aromatic heterocycles. The number of nitrogens with zero attached hydrogens (tertiary/aromatic N) is 4. The van der Waals surface area contributed by atoms with Gasteiger partial charge in [0, 0.05) is 23.1 Å². The molecule has 6 nitrogen and oxygen atoms in total. The predicted molar refractivity (Wildman–Crippen MR) is 97.4 cm³/mol. The molecule has 7 heteroatoms. The summed E-state index contributed by atoms with van der Waals surface area (Å²) >= 11 is 0. The first kappa shape index (κ1) is 15.2. The molecule has 26 heavy (non-hydrogen) atoms. The van der Waals surface area contributed by atoms with Crippen LogP contribution in [0.2, 0.25) is 0 Å². The van der Waals surface area contributed by atoms with Crippen LogP contribution in [0.4, 0.5) is 10.2 Å². The van der Waals surface area contributed by atoms with Gasteiger partial charge in [0.05, 0.1) is 17.9 Å². The number of pyridine rings is 1. The van der Waals surface area contributed by atoms with Crippen LogP contribution in [0.5, 0.6) is 0 Å². The summed E-state index contributed by atoms with van der Waals surface area (Å²) in [7, 11) is 0. The third-order valence-corrected chi connectivity index (χ3v) is 4.85. The fourth-order valence-corrected chi connectivity index (χ4v) is 3.36. The summed E-state index contributed by atoms with van der Waals surface area (Å²) in [4.78, 5) is 20.5. The maximum atomic E-state index is 13.6. The number of fused-ring (bicyclic) bond motifs is 2. The van der Waals surface area contributed by atoms with Crippen molar-refractivity contribution in [2.75, 3.05) is 5.32 Å². The van der Waals surface area contributed by atoms with Crippen LogP contribution in [0, 0.1) is 5.82 Å². The van der Waals surface area contributed by atoms with E-state index in [9.17, 15) is 4.39 Å². The molecule has 1 unspecified atom stereocenters. The second kappa shape index (κ2) is 5.72. The van der Waals surface area contributed by atoms with Crippen molar-refractivity contribution in [3.63, 3.8) is 0 Å². The molecule has 1 atom stereocenters. The number of benzene rings is 1. The molecule has 2 N–H and O–H groups in total. The molecular weight excluding hydrogens is 331 g/mol. The fraction of sp³-hybridized carbons (Fsp3) is 0.263. The Bertz CT molecular complexity index is 1120. The van der Waals surface area contributed by atoms with E-state index in [-0.39, 0.29) is 11.9 Å². The first-order valence-corrected chi connectivity index (χ1v) is 8.70. The number of halogens is 1. The van der Waals surface area contributed by atoms with E-state index in [0.717, 1.165) is 35.0 Å². The number of H-pyrrole nitrogens is 1. The number of imidazole rings is 1. The summed E-state index contributed by atoms with van der Waals surface area (Å²) in [5, 5.41) is 4.39. The second-order valence-corrected chi connectivity index (χ2v) is 6.76. The normalized spacial score (nSPS) is 15.5. The van der Waals surface area contributed by atoms with Crippen LogP contribution in [0.3, 0.4) is 0 Å². The van der Waals surface area contributed by atoms with Gasteiger partial charge in [0.1, 0.15) is 17.7 Å². The molecule has 5 rings (SSSR count). The van der Waals surface area contributed by atoms with E-state index in [1.54, 1.807) is 12.4 Å². The van der Waals surface area contributed by atoms with E-state index >= 15 is 0 Å². The van der Waals surface area contributed by atoms with Crippen LogP contribution >= 0.6 is 0 Å². The van der Waals surface area contributed by atoms with Crippen molar-refractivity contribution in [3.05, 3.63) is 54.0 Å². The maximum absolute atomic E-state index is 13.6. The largest absolute Gasteiger partial charge is 0.362 e. The average Bonchev–Trinajstić information content (AvgIpc) is 3.37. The molecule has 1 aliphatic rings. The molecule has 0 bridgehead atoms. The van der Waals surface area contributed by atoms with Gasteiger partial charge in [-0.1, -0.05) is 0 Å². The van der Waals surface area contributed by atoms with Gasteiger partial charge in [0.2, 0.25) is 0 Å². The number of nitrogens with one attached hydrogen (secondary N) is 2. The first-order chi connectivity index (χ1) is 12.7. The second-order valence-electron chi connectivity index (χ2n) is 6.76. The van der Waals surface area contributed by atoms with Gasteiger partial charge in [-0.2, -0.15) is 0 Å². The number of aromatic amines is 1. The van der Waals surface area contributed by atoms with Gasteiger partial charge in [-0.15, -0.1) is 0 Å². The lowest BCUT2D eigenvalue weighted by atomic mass is 10.0. The standard InChI is InChI=1S/C19H17FN6/c1-10(25-19-17-18(22-8-21-17)23-9-24-19)14-6-12-4-5-13(20)7-15(12)26-16(14)11-2-3-11/h4-11H,2-3H2,1H3,(H2,21,22,23,24,25). The summed E-state index contributed by atoms with van der Waals surface area (Å²) in [6.07, 6.45) is 5.37. The zero-order valence-electron chi connectivity index (χ0n) is 14.2. The molecule has 1 aromatic carbocycles. The Morgan fingerprint density at radius 1 is 1.19 bits per heavy atom. The van der Waals surface area contributed by atoms with Crippen molar-refractivity contribution in [2.45, 2.75) is 31.7 Å². The van der Waals surface area contributed by atoms with Crippen LogP contribution in [0.15, 0.2) is 36.9 Å². The minimum Gasteiger partial charge on any atom is -0.362 e. The van der Waals surface area contributed by atoms with Crippen molar-refractivity contribution >= 4 is 27.9 Å². The van der Waals surface area contributed by atoms with E-state index < -0.39 is 0 Å². The highest BCUT2D eigenvalue weighted by molar-refractivity contribution is 5.83. The van der Waals surface area contributed by atoms with Crippen molar-refractivity contribution in [1.82, 2.24) is 24.9 Å². The molecule has 0 amide bonds. The maximum Gasteiger partial charge on any atom is 0.182 e. The molecule has 4 aromatic rings. The molecule has 3 heterocycles. The van der Waals surface area contributed by atoms with E-state index in [4.69, 9.17) is 4.98 Å². The molecule has 130 valence electrons. The minimum absolute atomic E-state index is 0.00560. The SMILES string of the molecule is CC(Nc1ncnc2nc[nH]c12)c1cc2ccc(F)cc2nc1C1CC1. The Morgan fingerprint density at radius 3 is 2.92 bits per heavy atom.